The van der Waals surface area contributed by atoms with Crippen LogP contribution in [-0.4, -0.2) is 12.0 Å². The molecule has 6 heteroatoms. The lowest BCUT2D eigenvalue weighted by Crippen LogP contribution is -1.96. The second kappa shape index (κ2) is 5.34. The average Bonchev–Trinajstić information content (AvgIpc) is 2.38. The van der Waals surface area contributed by atoms with Crippen molar-refractivity contribution >= 4 is 5.69 Å². The second-order valence-corrected chi connectivity index (χ2v) is 3.62. The quantitative estimate of drug-likeness (QED) is 0.625. The molecule has 0 bridgehead atoms. The molecule has 0 unspecified atom stereocenters. The van der Waals surface area contributed by atoms with E-state index < -0.39 is 16.4 Å². The Hall–Kier alpha value is -2.63. The third-order valence-corrected chi connectivity index (χ3v) is 2.40. The molecule has 98 valence electrons. The lowest BCUT2D eigenvalue weighted by Gasteiger charge is -2.07. The van der Waals surface area contributed by atoms with Gasteiger partial charge in [0.25, 0.3) is 0 Å². The number of ether oxygens (including phenoxy) is 2. The minimum Gasteiger partial charge on any atom is -0.497 e. The molecule has 0 saturated carbocycles. The van der Waals surface area contributed by atoms with Gasteiger partial charge in [-0.1, -0.05) is 12.1 Å². The predicted molar refractivity (Wildman–Crippen MR) is 66.1 cm³/mol. The van der Waals surface area contributed by atoms with Gasteiger partial charge in [-0.2, -0.15) is 4.39 Å². The lowest BCUT2D eigenvalue weighted by molar-refractivity contribution is -0.388. The van der Waals surface area contributed by atoms with Gasteiger partial charge in [-0.3, -0.25) is 10.1 Å². The molecule has 0 radical (unpaired) electrons. The second-order valence-electron chi connectivity index (χ2n) is 3.62. The Morgan fingerprint density at radius 2 is 1.84 bits per heavy atom. The Balaban J connectivity index is 2.38. The molecule has 2 rings (SSSR count). The van der Waals surface area contributed by atoms with Crippen LogP contribution in [0, 0.1) is 15.9 Å². The van der Waals surface area contributed by atoms with E-state index in [2.05, 4.69) is 0 Å². The van der Waals surface area contributed by atoms with Gasteiger partial charge in [0, 0.05) is 6.07 Å². The van der Waals surface area contributed by atoms with E-state index >= 15 is 0 Å². The molecule has 19 heavy (non-hydrogen) atoms. The highest BCUT2D eigenvalue weighted by molar-refractivity contribution is 5.49. The van der Waals surface area contributed by atoms with E-state index in [1.165, 1.54) is 19.2 Å². The molecular formula is C13H10FNO4. The van der Waals surface area contributed by atoms with E-state index in [1.54, 1.807) is 24.3 Å². The van der Waals surface area contributed by atoms with Crippen LogP contribution in [0.15, 0.2) is 42.5 Å². The molecule has 0 N–H and O–H groups in total. The largest absolute Gasteiger partial charge is 0.497 e. The molecule has 0 amide bonds. The van der Waals surface area contributed by atoms with Crippen LogP contribution in [0.2, 0.25) is 0 Å². The maximum atomic E-state index is 13.4. The highest BCUT2D eigenvalue weighted by Gasteiger charge is 2.21. The molecule has 5 nitrogen and oxygen atoms in total. The first-order chi connectivity index (χ1) is 9.11. The van der Waals surface area contributed by atoms with Crippen molar-refractivity contribution in [3.05, 3.63) is 58.4 Å². The summed E-state index contributed by atoms with van der Waals surface area (Å²) in [5, 5.41) is 10.8. The average molecular weight is 263 g/mol. The smallest absolute Gasteiger partial charge is 0.346 e. The zero-order chi connectivity index (χ0) is 13.8. The minimum absolute atomic E-state index is 0.154. The van der Waals surface area contributed by atoms with Crippen LogP contribution in [0.4, 0.5) is 10.1 Å². The third kappa shape index (κ3) is 2.79. The predicted octanol–water partition coefficient (Wildman–Crippen LogP) is 3.53. The van der Waals surface area contributed by atoms with Gasteiger partial charge in [0.2, 0.25) is 11.6 Å². The number of methoxy groups -OCH3 is 1. The Morgan fingerprint density at radius 1 is 1.16 bits per heavy atom. The summed E-state index contributed by atoms with van der Waals surface area (Å²) in [6.45, 7) is 0. The Kier molecular flexibility index (Phi) is 3.61. The summed E-state index contributed by atoms with van der Waals surface area (Å²) in [6, 6.07) is 10.2. The maximum absolute atomic E-state index is 13.4. The summed E-state index contributed by atoms with van der Waals surface area (Å²) < 4.78 is 23.7. The van der Waals surface area contributed by atoms with Gasteiger partial charge >= 0.3 is 5.69 Å². The number of para-hydroxylation sites is 1. The van der Waals surface area contributed by atoms with Crippen LogP contribution in [0.25, 0.3) is 0 Å². The van der Waals surface area contributed by atoms with Crippen LogP contribution < -0.4 is 9.47 Å². The zero-order valence-electron chi connectivity index (χ0n) is 10.00. The van der Waals surface area contributed by atoms with Gasteiger partial charge in [0.15, 0.2) is 0 Å². The van der Waals surface area contributed by atoms with Gasteiger partial charge in [0.1, 0.15) is 11.5 Å². The molecule has 0 aliphatic heterocycles. The van der Waals surface area contributed by atoms with Crippen LogP contribution in [0.5, 0.6) is 17.2 Å². The number of halogens is 1. The first kappa shape index (κ1) is 12.8. The molecule has 0 aliphatic carbocycles. The number of nitrogens with zero attached hydrogens (tertiary/aromatic N) is 1. The molecule has 0 atom stereocenters. The lowest BCUT2D eigenvalue weighted by atomic mass is 10.2. The summed E-state index contributed by atoms with van der Waals surface area (Å²) in [6.07, 6.45) is 0. The SMILES string of the molecule is COc1cccc(Oc2cccc(F)c2[N+](=O)[O-])c1. The summed E-state index contributed by atoms with van der Waals surface area (Å²) in [4.78, 5) is 10.0. The number of rotatable bonds is 4. The summed E-state index contributed by atoms with van der Waals surface area (Å²) >= 11 is 0. The first-order valence-electron chi connectivity index (χ1n) is 5.36. The Labute approximate surface area is 108 Å². The fourth-order valence-electron chi connectivity index (χ4n) is 1.55. The van der Waals surface area contributed by atoms with Crippen molar-refractivity contribution in [2.45, 2.75) is 0 Å². The summed E-state index contributed by atoms with van der Waals surface area (Å²) in [5.41, 5.74) is -0.690. The van der Waals surface area contributed by atoms with Crippen molar-refractivity contribution in [2.75, 3.05) is 7.11 Å². The van der Waals surface area contributed by atoms with E-state index in [1.807, 2.05) is 0 Å². The molecule has 0 aromatic heterocycles. The number of nitro benzene ring substituents is 1. The summed E-state index contributed by atoms with van der Waals surface area (Å²) in [5.74, 6) is -0.228. The fourth-order valence-corrected chi connectivity index (χ4v) is 1.55. The van der Waals surface area contributed by atoms with Gasteiger partial charge in [-0.25, -0.2) is 0 Å². The van der Waals surface area contributed by atoms with Gasteiger partial charge in [0.05, 0.1) is 12.0 Å². The van der Waals surface area contributed by atoms with Crippen molar-refractivity contribution in [3.8, 4) is 17.2 Å². The number of hydrogen-bond acceptors (Lipinski definition) is 4. The molecule has 0 spiro atoms. The Bertz CT molecular complexity index is 615. The van der Waals surface area contributed by atoms with Gasteiger partial charge < -0.3 is 9.47 Å². The van der Waals surface area contributed by atoms with Crippen LogP contribution in [0.3, 0.4) is 0 Å². The molecule has 2 aromatic carbocycles. The van der Waals surface area contributed by atoms with Gasteiger partial charge in [-0.05, 0) is 24.3 Å². The topological polar surface area (TPSA) is 61.6 Å². The van der Waals surface area contributed by atoms with Crippen LogP contribution in [-0.2, 0) is 0 Å². The first-order valence-corrected chi connectivity index (χ1v) is 5.36. The van der Waals surface area contributed by atoms with Crippen molar-refractivity contribution in [1.29, 1.82) is 0 Å². The van der Waals surface area contributed by atoms with E-state index in [9.17, 15) is 14.5 Å². The molecule has 0 fully saturated rings. The summed E-state index contributed by atoms with van der Waals surface area (Å²) in [7, 11) is 1.49. The third-order valence-electron chi connectivity index (χ3n) is 2.40. The molecular weight excluding hydrogens is 253 g/mol. The Morgan fingerprint density at radius 3 is 2.53 bits per heavy atom. The van der Waals surface area contributed by atoms with Gasteiger partial charge in [-0.15, -0.1) is 0 Å². The highest BCUT2D eigenvalue weighted by atomic mass is 19.1. The van der Waals surface area contributed by atoms with E-state index in [-0.39, 0.29) is 5.75 Å². The maximum Gasteiger partial charge on any atom is 0.346 e. The van der Waals surface area contributed by atoms with Crippen molar-refractivity contribution < 1.29 is 18.8 Å². The normalized spacial score (nSPS) is 10.0. The van der Waals surface area contributed by atoms with E-state index in [0.29, 0.717) is 11.5 Å². The van der Waals surface area contributed by atoms with Crippen LogP contribution >= 0.6 is 0 Å². The molecule has 0 saturated heterocycles. The molecule has 2 aromatic rings. The van der Waals surface area contributed by atoms with Crippen LogP contribution in [0.1, 0.15) is 0 Å². The van der Waals surface area contributed by atoms with E-state index in [0.717, 1.165) is 6.07 Å². The zero-order valence-corrected chi connectivity index (χ0v) is 10.00. The van der Waals surface area contributed by atoms with E-state index in [4.69, 9.17) is 9.47 Å². The number of hydrogen-bond donors (Lipinski definition) is 0. The molecule has 0 heterocycles. The monoisotopic (exact) mass is 263 g/mol. The van der Waals surface area contributed by atoms with Crippen molar-refractivity contribution in [3.63, 3.8) is 0 Å². The minimum atomic E-state index is -0.939. The number of nitro groups is 1. The standard InChI is InChI=1S/C13H10FNO4/c1-18-9-4-2-5-10(8-9)19-12-7-3-6-11(14)13(12)15(16)17/h2-8H,1H3. The molecule has 0 aliphatic rings. The highest BCUT2D eigenvalue weighted by Crippen LogP contribution is 2.34. The number of benzene rings is 2. The fraction of sp³-hybridized carbons (Fsp3) is 0.0769. The van der Waals surface area contributed by atoms with Crippen molar-refractivity contribution in [1.82, 2.24) is 0 Å². The van der Waals surface area contributed by atoms with Crippen molar-refractivity contribution in [2.24, 2.45) is 0 Å².